The molecule has 26 heavy (non-hydrogen) atoms. The third kappa shape index (κ3) is 5.20. The Hall–Kier alpha value is -1.60. The second-order valence-electron chi connectivity index (χ2n) is 6.51. The van der Waals surface area contributed by atoms with Crippen LogP contribution in [0.15, 0.2) is 21.8 Å². The topological polar surface area (TPSA) is 57.2 Å². The molecule has 6 nitrogen and oxygen atoms in total. The molecular formula is C19H32N4O2S. The van der Waals surface area contributed by atoms with Crippen LogP contribution in [0.3, 0.4) is 0 Å². The standard InChI is InChI=1S/C19H32N4O2S/c1-5-22(6-2)17(16-9-12-26-14-16)13-21-19(20-3)23-10-7-15(8-11-23)18(24)25-4/h9,12,14-15,17H,5-8,10-11,13H2,1-4H3,(H,20,21). The van der Waals surface area contributed by atoms with Gasteiger partial charge in [-0.05, 0) is 48.3 Å². The van der Waals surface area contributed by atoms with Crippen molar-refractivity contribution >= 4 is 23.3 Å². The number of methoxy groups -OCH3 is 1. The first-order valence-electron chi connectivity index (χ1n) is 9.44. The minimum absolute atomic E-state index is 0.0172. The van der Waals surface area contributed by atoms with Crippen molar-refractivity contribution in [3.8, 4) is 0 Å². The van der Waals surface area contributed by atoms with E-state index in [1.807, 2.05) is 7.05 Å². The van der Waals surface area contributed by atoms with Crippen LogP contribution in [-0.2, 0) is 9.53 Å². The summed E-state index contributed by atoms with van der Waals surface area (Å²) in [6.45, 7) is 8.91. The van der Waals surface area contributed by atoms with Crippen LogP contribution < -0.4 is 5.32 Å². The summed E-state index contributed by atoms with van der Waals surface area (Å²) in [7, 11) is 3.29. The second kappa shape index (κ2) is 10.5. The highest BCUT2D eigenvalue weighted by atomic mass is 32.1. The first-order chi connectivity index (χ1) is 12.6. The molecule has 0 spiro atoms. The van der Waals surface area contributed by atoms with Crippen LogP contribution in [0.5, 0.6) is 0 Å². The Morgan fingerprint density at radius 3 is 2.62 bits per heavy atom. The molecule has 0 aliphatic carbocycles. The van der Waals surface area contributed by atoms with E-state index in [2.05, 4.69) is 50.8 Å². The van der Waals surface area contributed by atoms with Crippen molar-refractivity contribution in [3.63, 3.8) is 0 Å². The van der Waals surface area contributed by atoms with E-state index in [1.54, 1.807) is 11.3 Å². The third-order valence-corrected chi connectivity index (χ3v) is 5.88. The van der Waals surface area contributed by atoms with Gasteiger partial charge in [0.1, 0.15) is 0 Å². The number of carbonyl (C=O) groups is 1. The van der Waals surface area contributed by atoms with Gasteiger partial charge in [-0.15, -0.1) is 0 Å². The quantitative estimate of drug-likeness (QED) is 0.448. The van der Waals surface area contributed by atoms with Gasteiger partial charge in [-0.1, -0.05) is 13.8 Å². The van der Waals surface area contributed by atoms with Crippen LogP contribution >= 0.6 is 11.3 Å². The number of guanidine groups is 1. The van der Waals surface area contributed by atoms with E-state index in [-0.39, 0.29) is 11.9 Å². The van der Waals surface area contributed by atoms with Gasteiger partial charge in [-0.3, -0.25) is 14.7 Å². The molecule has 2 rings (SSSR count). The van der Waals surface area contributed by atoms with Crippen LogP contribution in [0.1, 0.15) is 38.3 Å². The Bertz CT molecular complexity index is 564. The van der Waals surface area contributed by atoms with Crippen molar-refractivity contribution in [1.82, 2.24) is 15.1 Å². The van der Waals surface area contributed by atoms with Gasteiger partial charge in [0, 0.05) is 26.7 Å². The van der Waals surface area contributed by atoms with Gasteiger partial charge in [-0.25, -0.2) is 0 Å². The van der Waals surface area contributed by atoms with E-state index in [0.29, 0.717) is 6.04 Å². The summed E-state index contributed by atoms with van der Waals surface area (Å²) in [5, 5.41) is 7.93. The molecule has 0 bridgehead atoms. The maximum absolute atomic E-state index is 11.7. The van der Waals surface area contributed by atoms with Crippen LogP contribution in [0.25, 0.3) is 0 Å². The predicted octanol–water partition coefficient (Wildman–Crippen LogP) is 2.59. The molecule has 0 aromatic carbocycles. The normalized spacial score (nSPS) is 17.4. The Balaban J connectivity index is 1.95. The lowest BCUT2D eigenvalue weighted by molar-refractivity contribution is -0.146. The van der Waals surface area contributed by atoms with E-state index in [0.717, 1.165) is 51.5 Å². The lowest BCUT2D eigenvalue weighted by Crippen LogP contribution is -2.48. The Kier molecular flexibility index (Phi) is 8.38. The molecule has 7 heteroatoms. The van der Waals surface area contributed by atoms with E-state index >= 15 is 0 Å². The molecule has 1 N–H and O–H groups in total. The second-order valence-corrected chi connectivity index (χ2v) is 7.29. The van der Waals surface area contributed by atoms with Crippen LogP contribution in [0, 0.1) is 5.92 Å². The summed E-state index contributed by atoms with van der Waals surface area (Å²) in [4.78, 5) is 20.9. The van der Waals surface area contributed by atoms with Crippen molar-refractivity contribution in [2.45, 2.75) is 32.7 Å². The fourth-order valence-corrected chi connectivity index (χ4v) is 4.31. The highest BCUT2D eigenvalue weighted by Crippen LogP contribution is 2.23. The van der Waals surface area contributed by atoms with E-state index in [1.165, 1.54) is 12.7 Å². The molecule has 0 radical (unpaired) electrons. The number of likely N-dealkylation sites (tertiary alicyclic amines) is 1. The maximum atomic E-state index is 11.7. The van der Waals surface area contributed by atoms with Crippen molar-refractivity contribution in [2.24, 2.45) is 10.9 Å². The summed E-state index contributed by atoms with van der Waals surface area (Å²) in [5.74, 6) is 0.843. The summed E-state index contributed by atoms with van der Waals surface area (Å²) >= 11 is 1.74. The van der Waals surface area contributed by atoms with Crippen molar-refractivity contribution in [1.29, 1.82) is 0 Å². The summed E-state index contributed by atoms with van der Waals surface area (Å²) in [5.41, 5.74) is 1.35. The SMILES string of the molecule is CCN(CC)C(CNC(=NC)N1CCC(C(=O)OC)CC1)c1ccsc1. The van der Waals surface area contributed by atoms with Crippen LogP contribution in [0.4, 0.5) is 0 Å². The van der Waals surface area contributed by atoms with Gasteiger partial charge in [0.15, 0.2) is 5.96 Å². The number of ether oxygens (including phenoxy) is 1. The number of hydrogen-bond donors (Lipinski definition) is 1. The Morgan fingerprint density at radius 1 is 1.42 bits per heavy atom. The monoisotopic (exact) mass is 380 g/mol. The van der Waals surface area contributed by atoms with Crippen molar-refractivity contribution in [3.05, 3.63) is 22.4 Å². The molecule has 1 atom stereocenters. The van der Waals surface area contributed by atoms with Gasteiger partial charge < -0.3 is 15.0 Å². The van der Waals surface area contributed by atoms with Gasteiger partial charge in [0.2, 0.25) is 0 Å². The molecule has 0 saturated carbocycles. The fourth-order valence-electron chi connectivity index (χ4n) is 3.60. The molecule has 146 valence electrons. The molecule has 1 aliphatic rings. The van der Waals surface area contributed by atoms with Gasteiger partial charge in [0.05, 0.1) is 19.1 Å². The Labute approximate surface area is 161 Å². The van der Waals surface area contributed by atoms with E-state index < -0.39 is 0 Å². The first-order valence-corrected chi connectivity index (χ1v) is 10.4. The number of nitrogens with one attached hydrogen (secondary N) is 1. The van der Waals surface area contributed by atoms with Gasteiger partial charge >= 0.3 is 5.97 Å². The number of rotatable bonds is 7. The minimum atomic E-state index is -0.0911. The molecule has 1 unspecified atom stereocenters. The molecule has 1 aromatic rings. The molecular weight excluding hydrogens is 348 g/mol. The molecule has 1 fully saturated rings. The predicted molar refractivity (Wildman–Crippen MR) is 108 cm³/mol. The van der Waals surface area contributed by atoms with Gasteiger partial charge in [0.25, 0.3) is 0 Å². The number of esters is 1. The number of nitrogens with zero attached hydrogens (tertiary/aromatic N) is 3. The van der Waals surface area contributed by atoms with Crippen molar-refractivity contribution in [2.75, 3.05) is 46.9 Å². The summed E-state index contributed by atoms with van der Waals surface area (Å²) < 4.78 is 4.88. The Morgan fingerprint density at radius 2 is 2.12 bits per heavy atom. The number of hydrogen-bond acceptors (Lipinski definition) is 5. The number of likely N-dealkylation sites (N-methyl/N-ethyl adjacent to an activating group) is 1. The average molecular weight is 381 g/mol. The number of piperidine rings is 1. The molecule has 1 aliphatic heterocycles. The number of aliphatic imine (C=N–C) groups is 1. The average Bonchev–Trinajstić information content (AvgIpc) is 3.22. The molecule has 1 saturated heterocycles. The molecule has 2 heterocycles. The highest BCUT2D eigenvalue weighted by Gasteiger charge is 2.27. The third-order valence-electron chi connectivity index (χ3n) is 5.18. The van der Waals surface area contributed by atoms with Crippen molar-refractivity contribution < 1.29 is 9.53 Å². The summed E-state index contributed by atoms with van der Waals surface area (Å²) in [6.07, 6.45) is 1.63. The zero-order valence-electron chi connectivity index (χ0n) is 16.4. The molecule has 1 aromatic heterocycles. The number of thiophene rings is 1. The minimum Gasteiger partial charge on any atom is -0.469 e. The number of carbonyl (C=O) groups excluding carboxylic acids is 1. The lowest BCUT2D eigenvalue weighted by Gasteiger charge is -2.35. The summed E-state index contributed by atoms with van der Waals surface area (Å²) in [6, 6.07) is 2.54. The fraction of sp³-hybridized carbons (Fsp3) is 0.684. The van der Waals surface area contributed by atoms with Gasteiger partial charge in [-0.2, -0.15) is 11.3 Å². The van der Waals surface area contributed by atoms with E-state index in [4.69, 9.17) is 4.74 Å². The zero-order chi connectivity index (χ0) is 18.9. The zero-order valence-corrected chi connectivity index (χ0v) is 17.2. The van der Waals surface area contributed by atoms with E-state index in [9.17, 15) is 4.79 Å². The highest BCUT2D eigenvalue weighted by molar-refractivity contribution is 7.07. The maximum Gasteiger partial charge on any atom is 0.308 e. The molecule has 0 amide bonds. The van der Waals surface area contributed by atoms with Crippen LogP contribution in [0.2, 0.25) is 0 Å². The van der Waals surface area contributed by atoms with Crippen LogP contribution in [-0.4, -0.2) is 68.6 Å². The lowest BCUT2D eigenvalue weighted by atomic mass is 9.97. The first kappa shape index (κ1) is 20.7. The largest absolute Gasteiger partial charge is 0.469 e. The smallest absolute Gasteiger partial charge is 0.308 e.